The average molecular weight is 411 g/mol. The van der Waals surface area contributed by atoms with E-state index in [4.69, 9.17) is 9.47 Å². The molecule has 1 aromatic rings. The average Bonchev–Trinajstić information content (AvgIpc) is 2.74. The van der Waals surface area contributed by atoms with Crippen LogP contribution in [-0.2, 0) is 19.5 Å². The SMILES string of the molecule is CCOC(=O)c1ccc(S(=O)(=O)NCC2(N3CCOCC3)CCCCC2)cc1. The van der Waals surface area contributed by atoms with Gasteiger partial charge in [-0.2, -0.15) is 0 Å². The Hall–Kier alpha value is -1.48. The Balaban J connectivity index is 1.70. The molecule has 1 saturated carbocycles. The van der Waals surface area contributed by atoms with E-state index < -0.39 is 16.0 Å². The number of hydrogen-bond acceptors (Lipinski definition) is 6. The monoisotopic (exact) mass is 410 g/mol. The number of carbonyl (C=O) groups excluding carboxylic acids is 1. The highest BCUT2D eigenvalue weighted by Gasteiger charge is 2.39. The predicted molar refractivity (Wildman–Crippen MR) is 106 cm³/mol. The van der Waals surface area contributed by atoms with Crippen molar-refractivity contribution in [3.63, 3.8) is 0 Å². The molecular weight excluding hydrogens is 380 g/mol. The lowest BCUT2D eigenvalue weighted by Gasteiger charge is -2.48. The van der Waals surface area contributed by atoms with E-state index in [-0.39, 0.29) is 17.0 Å². The number of morpholine rings is 1. The van der Waals surface area contributed by atoms with Crippen molar-refractivity contribution in [3.8, 4) is 0 Å². The predicted octanol–water partition coefficient (Wildman–Crippen LogP) is 2.18. The van der Waals surface area contributed by atoms with Crippen LogP contribution in [-0.4, -0.2) is 64.3 Å². The second-order valence-electron chi connectivity index (χ2n) is 7.45. The standard InChI is InChI=1S/C20H30N2O5S/c1-2-27-19(23)17-6-8-18(9-7-17)28(24,25)21-16-20(10-4-3-5-11-20)22-12-14-26-15-13-22/h6-9,21H,2-5,10-16H2,1H3. The number of benzene rings is 1. The third kappa shape index (κ3) is 4.92. The van der Waals surface area contributed by atoms with E-state index in [1.807, 2.05) is 0 Å². The van der Waals surface area contributed by atoms with Gasteiger partial charge in [-0.15, -0.1) is 0 Å². The Labute approximate surface area is 167 Å². The molecular formula is C20H30N2O5S. The quantitative estimate of drug-likeness (QED) is 0.694. The Kier molecular flexibility index (Phi) is 7.09. The summed E-state index contributed by atoms with van der Waals surface area (Å²) in [7, 11) is -3.65. The van der Waals surface area contributed by atoms with Crippen molar-refractivity contribution in [2.45, 2.75) is 49.5 Å². The highest BCUT2D eigenvalue weighted by atomic mass is 32.2. The van der Waals surface area contributed by atoms with Crippen LogP contribution in [0.1, 0.15) is 49.4 Å². The number of nitrogens with zero attached hydrogens (tertiary/aromatic N) is 1. The van der Waals surface area contributed by atoms with Gasteiger partial charge in [0.15, 0.2) is 0 Å². The molecule has 0 amide bonds. The van der Waals surface area contributed by atoms with Gasteiger partial charge in [0.1, 0.15) is 0 Å². The number of sulfonamides is 1. The van der Waals surface area contributed by atoms with E-state index in [9.17, 15) is 13.2 Å². The first kappa shape index (κ1) is 21.2. The molecule has 1 aromatic carbocycles. The summed E-state index contributed by atoms with van der Waals surface area (Å²) in [6.07, 6.45) is 5.43. The molecule has 0 spiro atoms. The Bertz CT molecular complexity index is 751. The lowest BCUT2D eigenvalue weighted by Crippen LogP contribution is -2.59. The highest BCUT2D eigenvalue weighted by molar-refractivity contribution is 7.89. The molecule has 28 heavy (non-hydrogen) atoms. The smallest absolute Gasteiger partial charge is 0.338 e. The van der Waals surface area contributed by atoms with Crippen molar-refractivity contribution in [1.29, 1.82) is 0 Å². The fourth-order valence-electron chi connectivity index (χ4n) is 4.15. The minimum atomic E-state index is -3.65. The van der Waals surface area contributed by atoms with Crippen LogP contribution < -0.4 is 4.72 Å². The molecule has 0 atom stereocenters. The van der Waals surface area contributed by atoms with Crippen LogP contribution in [0.25, 0.3) is 0 Å². The zero-order valence-electron chi connectivity index (χ0n) is 16.5. The largest absolute Gasteiger partial charge is 0.462 e. The van der Waals surface area contributed by atoms with Crippen molar-refractivity contribution in [2.24, 2.45) is 0 Å². The van der Waals surface area contributed by atoms with Crippen LogP contribution in [0.3, 0.4) is 0 Å². The van der Waals surface area contributed by atoms with E-state index in [2.05, 4.69) is 9.62 Å². The van der Waals surface area contributed by atoms with Gasteiger partial charge in [-0.05, 0) is 44.0 Å². The van der Waals surface area contributed by atoms with Crippen molar-refractivity contribution in [3.05, 3.63) is 29.8 Å². The Morgan fingerprint density at radius 2 is 1.79 bits per heavy atom. The third-order valence-corrected chi connectivity index (χ3v) is 7.15. The first-order chi connectivity index (χ1) is 13.5. The molecule has 0 bridgehead atoms. The minimum absolute atomic E-state index is 0.139. The summed E-state index contributed by atoms with van der Waals surface area (Å²) in [5.74, 6) is -0.451. The molecule has 0 unspecified atom stereocenters. The van der Waals surface area contributed by atoms with Crippen molar-refractivity contribution < 1.29 is 22.7 Å². The summed E-state index contributed by atoms with van der Waals surface area (Å²) < 4.78 is 38.9. The molecule has 1 aliphatic carbocycles. The number of carbonyl (C=O) groups is 1. The molecule has 8 heteroatoms. The number of ether oxygens (including phenoxy) is 2. The van der Waals surface area contributed by atoms with Gasteiger partial charge < -0.3 is 9.47 Å². The Morgan fingerprint density at radius 3 is 2.39 bits per heavy atom. The second kappa shape index (κ2) is 9.35. The molecule has 7 nitrogen and oxygen atoms in total. The molecule has 1 saturated heterocycles. The molecule has 2 aliphatic rings. The van der Waals surface area contributed by atoms with Gasteiger partial charge in [0.25, 0.3) is 0 Å². The first-order valence-electron chi connectivity index (χ1n) is 10.1. The maximum atomic E-state index is 12.8. The highest BCUT2D eigenvalue weighted by Crippen LogP contribution is 2.34. The lowest BCUT2D eigenvalue weighted by atomic mass is 9.80. The van der Waals surface area contributed by atoms with Crippen LogP contribution in [0.15, 0.2) is 29.2 Å². The van der Waals surface area contributed by atoms with Crippen molar-refractivity contribution in [2.75, 3.05) is 39.5 Å². The molecule has 1 heterocycles. The first-order valence-corrected chi connectivity index (χ1v) is 11.5. The number of esters is 1. The summed E-state index contributed by atoms with van der Waals surface area (Å²) in [6, 6.07) is 5.89. The van der Waals surface area contributed by atoms with Gasteiger partial charge in [-0.1, -0.05) is 19.3 Å². The third-order valence-electron chi connectivity index (χ3n) is 5.73. The maximum Gasteiger partial charge on any atom is 0.338 e. The van der Waals surface area contributed by atoms with Crippen LogP contribution in [0.2, 0.25) is 0 Å². The van der Waals surface area contributed by atoms with Crippen molar-refractivity contribution in [1.82, 2.24) is 9.62 Å². The molecule has 156 valence electrons. The van der Waals surface area contributed by atoms with E-state index in [0.29, 0.717) is 25.3 Å². The molecule has 2 fully saturated rings. The van der Waals surface area contributed by atoms with Crippen LogP contribution in [0.4, 0.5) is 0 Å². The van der Waals surface area contributed by atoms with Gasteiger partial charge in [-0.25, -0.2) is 17.9 Å². The second-order valence-corrected chi connectivity index (χ2v) is 9.22. The van der Waals surface area contributed by atoms with Gasteiger partial charge in [0.05, 0.1) is 30.3 Å². The van der Waals surface area contributed by atoms with E-state index in [1.165, 1.54) is 30.7 Å². The lowest BCUT2D eigenvalue weighted by molar-refractivity contribution is -0.0348. The topological polar surface area (TPSA) is 84.9 Å². The van der Waals surface area contributed by atoms with Crippen molar-refractivity contribution >= 4 is 16.0 Å². The number of rotatable bonds is 7. The normalized spacial score (nSPS) is 20.6. The molecule has 0 radical (unpaired) electrons. The summed E-state index contributed by atoms with van der Waals surface area (Å²) in [6.45, 7) is 5.49. The van der Waals surface area contributed by atoms with E-state index >= 15 is 0 Å². The summed E-state index contributed by atoms with van der Waals surface area (Å²) in [5.41, 5.74) is 0.206. The molecule has 1 aliphatic heterocycles. The van der Waals surface area contributed by atoms with Gasteiger partial charge in [-0.3, -0.25) is 4.90 Å². The summed E-state index contributed by atoms with van der Waals surface area (Å²) in [4.78, 5) is 14.3. The van der Waals surface area contributed by atoms with E-state index in [0.717, 1.165) is 38.8 Å². The van der Waals surface area contributed by atoms with Crippen LogP contribution >= 0.6 is 0 Å². The number of hydrogen-bond donors (Lipinski definition) is 1. The fourth-order valence-corrected chi connectivity index (χ4v) is 5.27. The zero-order chi connectivity index (χ0) is 20.0. The summed E-state index contributed by atoms with van der Waals surface area (Å²) >= 11 is 0. The molecule has 1 N–H and O–H groups in total. The minimum Gasteiger partial charge on any atom is -0.462 e. The van der Waals surface area contributed by atoms with Gasteiger partial charge in [0, 0.05) is 25.2 Å². The van der Waals surface area contributed by atoms with Gasteiger partial charge in [0.2, 0.25) is 10.0 Å². The van der Waals surface area contributed by atoms with Gasteiger partial charge >= 0.3 is 5.97 Å². The Morgan fingerprint density at radius 1 is 1.14 bits per heavy atom. The summed E-state index contributed by atoms with van der Waals surface area (Å²) in [5, 5.41) is 0. The van der Waals surface area contributed by atoms with Crippen LogP contribution in [0, 0.1) is 0 Å². The molecule has 3 rings (SSSR count). The maximum absolute atomic E-state index is 12.8. The zero-order valence-corrected chi connectivity index (χ0v) is 17.3. The van der Waals surface area contributed by atoms with Crippen LogP contribution in [0.5, 0.6) is 0 Å². The number of nitrogens with one attached hydrogen (secondary N) is 1. The molecule has 0 aromatic heterocycles. The fraction of sp³-hybridized carbons (Fsp3) is 0.650. The van der Waals surface area contributed by atoms with E-state index in [1.54, 1.807) is 6.92 Å².